The van der Waals surface area contributed by atoms with Crippen molar-refractivity contribution in [3.05, 3.63) is 29.3 Å². The summed E-state index contributed by atoms with van der Waals surface area (Å²) in [6.45, 7) is 4.38. The molecule has 21 heavy (non-hydrogen) atoms. The Kier molecular flexibility index (Phi) is 7.04. The maximum Gasteiger partial charge on any atom is 0.122 e. The highest BCUT2D eigenvalue weighted by Gasteiger charge is 2.24. The molecule has 1 aliphatic carbocycles. The molecule has 0 saturated heterocycles. The molecule has 1 aromatic rings. The molecule has 3 nitrogen and oxygen atoms in total. The molecule has 1 atom stereocenters. The number of benzene rings is 1. The van der Waals surface area contributed by atoms with Crippen LogP contribution in [-0.4, -0.2) is 24.9 Å². The summed E-state index contributed by atoms with van der Waals surface area (Å²) < 4.78 is 5.99. The predicted molar refractivity (Wildman–Crippen MR) is 86.8 cm³/mol. The zero-order valence-electron chi connectivity index (χ0n) is 13.2. The van der Waals surface area contributed by atoms with Crippen molar-refractivity contribution < 1.29 is 9.84 Å². The van der Waals surface area contributed by atoms with Crippen molar-refractivity contribution >= 4 is 0 Å². The van der Waals surface area contributed by atoms with Gasteiger partial charge < -0.3 is 15.2 Å². The maximum absolute atomic E-state index is 8.76. The summed E-state index contributed by atoms with van der Waals surface area (Å²) >= 11 is 0. The van der Waals surface area contributed by atoms with Crippen LogP contribution in [0.3, 0.4) is 0 Å². The van der Waals surface area contributed by atoms with Gasteiger partial charge in [0.25, 0.3) is 0 Å². The van der Waals surface area contributed by atoms with E-state index in [0.29, 0.717) is 12.6 Å². The first kappa shape index (κ1) is 16.3. The fraction of sp³-hybridized carbons (Fsp3) is 0.667. The van der Waals surface area contributed by atoms with E-state index in [1.54, 1.807) is 0 Å². The first-order valence-corrected chi connectivity index (χ1v) is 8.45. The van der Waals surface area contributed by atoms with Gasteiger partial charge in [-0.1, -0.05) is 25.5 Å². The summed E-state index contributed by atoms with van der Waals surface area (Å²) in [5.74, 6) is 1.08. The fourth-order valence-electron chi connectivity index (χ4n) is 3.04. The number of unbranched alkanes of at least 4 members (excludes halogenated alkanes) is 3. The largest absolute Gasteiger partial charge is 0.493 e. The van der Waals surface area contributed by atoms with Gasteiger partial charge in [0.1, 0.15) is 5.75 Å². The van der Waals surface area contributed by atoms with Crippen molar-refractivity contribution in [2.75, 3.05) is 19.8 Å². The van der Waals surface area contributed by atoms with Crippen LogP contribution in [0.15, 0.2) is 18.2 Å². The lowest BCUT2D eigenvalue weighted by molar-refractivity contribution is 0.273. The number of hydrogen-bond acceptors (Lipinski definition) is 3. The van der Waals surface area contributed by atoms with E-state index in [1.165, 1.54) is 24.0 Å². The Balaban J connectivity index is 1.83. The topological polar surface area (TPSA) is 41.5 Å². The maximum atomic E-state index is 8.76. The minimum absolute atomic E-state index is 0.305. The molecule has 3 heteroatoms. The Morgan fingerprint density at radius 2 is 2.10 bits per heavy atom. The standard InChI is InChI=1S/C18H29NO2/c1-2-12-19-17-11-10-16-15(17)8-7-9-18(16)21-14-6-4-3-5-13-20/h7-9,17,19-20H,2-6,10-14H2,1H3. The SMILES string of the molecule is CCCNC1CCc2c(OCCCCCCO)cccc21. The fourth-order valence-corrected chi connectivity index (χ4v) is 3.04. The third kappa shape index (κ3) is 4.72. The second kappa shape index (κ2) is 9.06. The molecule has 1 aromatic carbocycles. The lowest BCUT2D eigenvalue weighted by atomic mass is 10.1. The molecule has 0 heterocycles. The summed E-state index contributed by atoms with van der Waals surface area (Å²) in [5.41, 5.74) is 2.84. The van der Waals surface area contributed by atoms with Gasteiger partial charge in [-0.2, -0.15) is 0 Å². The van der Waals surface area contributed by atoms with Gasteiger partial charge in [-0.15, -0.1) is 0 Å². The van der Waals surface area contributed by atoms with Crippen molar-refractivity contribution in [1.29, 1.82) is 0 Å². The van der Waals surface area contributed by atoms with Crippen LogP contribution in [-0.2, 0) is 6.42 Å². The first-order valence-electron chi connectivity index (χ1n) is 8.45. The summed E-state index contributed by atoms with van der Waals surface area (Å²) in [4.78, 5) is 0. The lowest BCUT2D eigenvalue weighted by Crippen LogP contribution is -2.19. The van der Waals surface area contributed by atoms with Crippen LogP contribution in [0, 0.1) is 0 Å². The van der Waals surface area contributed by atoms with Crippen molar-refractivity contribution in [1.82, 2.24) is 5.32 Å². The van der Waals surface area contributed by atoms with Crippen LogP contribution in [0.5, 0.6) is 5.75 Å². The molecule has 0 radical (unpaired) electrons. The monoisotopic (exact) mass is 291 g/mol. The average Bonchev–Trinajstić information content (AvgIpc) is 2.92. The third-order valence-electron chi connectivity index (χ3n) is 4.18. The summed E-state index contributed by atoms with van der Waals surface area (Å²) in [6.07, 6.45) is 7.69. The van der Waals surface area contributed by atoms with Crippen molar-refractivity contribution in [3.8, 4) is 5.75 Å². The van der Waals surface area contributed by atoms with Crippen molar-refractivity contribution in [2.24, 2.45) is 0 Å². The number of rotatable bonds is 10. The smallest absolute Gasteiger partial charge is 0.122 e. The normalized spacial score (nSPS) is 17.0. The van der Waals surface area contributed by atoms with Crippen LogP contribution in [0.25, 0.3) is 0 Å². The number of fused-ring (bicyclic) bond motifs is 1. The van der Waals surface area contributed by atoms with E-state index in [1.807, 2.05) is 0 Å². The van der Waals surface area contributed by atoms with Gasteiger partial charge in [-0.3, -0.25) is 0 Å². The van der Waals surface area contributed by atoms with E-state index in [-0.39, 0.29) is 0 Å². The zero-order valence-corrected chi connectivity index (χ0v) is 13.2. The molecule has 118 valence electrons. The van der Waals surface area contributed by atoms with E-state index in [4.69, 9.17) is 9.84 Å². The van der Waals surface area contributed by atoms with Crippen molar-refractivity contribution in [3.63, 3.8) is 0 Å². The van der Waals surface area contributed by atoms with Gasteiger partial charge in [0.15, 0.2) is 0 Å². The molecule has 0 spiro atoms. The molecule has 0 fully saturated rings. The minimum Gasteiger partial charge on any atom is -0.493 e. The van der Waals surface area contributed by atoms with Crippen LogP contribution >= 0.6 is 0 Å². The van der Waals surface area contributed by atoms with Crippen LogP contribution in [0.2, 0.25) is 0 Å². The molecular weight excluding hydrogens is 262 g/mol. The van der Waals surface area contributed by atoms with Crippen LogP contribution in [0.4, 0.5) is 0 Å². The molecule has 0 aromatic heterocycles. The lowest BCUT2D eigenvalue weighted by Gasteiger charge is -2.15. The van der Waals surface area contributed by atoms with Crippen molar-refractivity contribution in [2.45, 2.75) is 57.9 Å². The van der Waals surface area contributed by atoms with Crippen LogP contribution in [0.1, 0.15) is 62.6 Å². The minimum atomic E-state index is 0.305. The molecule has 2 rings (SSSR count). The highest BCUT2D eigenvalue weighted by atomic mass is 16.5. The Morgan fingerprint density at radius 3 is 2.90 bits per heavy atom. The number of nitrogens with one attached hydrogen (secondary N) is 1. The molecular formula is C18H29NO2. The van der Waals surface area contributed by atoms with Gasteiger partial charge >= 0.3 is 0 Å². The molecule has 0 saturated carbocycles. The molecule has 2 N–H and O–H groups in total. The van der Waals surface area contributed by atoms with E-state index in [2.05, 4.69) is 30.4 Å². The molecule has 0 aliphatic heterocycles. The predicted octanol–water partition coefficient (Wildman–Crippen LogP) is 3.61. The summed E-state index contributed by atoms with van der Waals surface area (Å²) in [5, 5.41) is 12.4. The highest BCUT2D eigenvalue weighted by Crippen LogP contribution is 2.36. The Hall–Kier alpha value is -1.06. The second-order valence-electron chi connectivity index (χ2n) is 5.86. The number of aliphatic hydroxyl groups is 1. The molecule has 1 aliphatic rings. The van der Waals surface area contributed by atoms with Gasteiger partial charge in [0, 0.05) is 12.6 Å². The van der Waals surface area contributed by atoms with Gasteiger partial charge in [-0.05, 0) is 62.3 Å². The van der Waals surface area contributed by atoms with E-state index in [0.717, 1.165) is 51.0 Å². The first-order chi connectivity index (χ1) is 10.4. The third-order valence-corrected chi connectivity index (χ3v) is 4.18. The molecule has 0 amide bonds. The Labute approximate surface area is 128 Å². The summed E-state index contributed by atoms with van der Waals surface area (Å²) in [7, 11) is 0. The highest BCUT2D eigenvalue weighted by molar-refractivity contribution is 5.45. The van der Waals surface area contributed by atoms with E-state index in [9.17, 15) is 0 Å². The quantitative estimate of drug-likeness (QED) is 0.647. The van der Waals surface area contributed by atoms with Gasteiger partial charge in [-0.25, -0.2) is 0 Å². The van der Waals surface area contributed by atoms with Gasteiger partial charge in [0.2, 0.25) is 0 Å². The van der Waals surface area contributed by atoms with E-state index < -0.39 is 0 Å². The molecule has 0 bridgehead atoms. The van der Waals surface area contributed by atoms with E-state index >= 15 is 0 Å². The Morgan fingerprint density at radius 1 is 1.24 bits per heavy atom. The average molecular weight is 291 g/mol. The van der Waals surface area contributed by atoms with Crippen LogP contribution < -0.4 is 10.1 Å². The van der Waals surface area contributed by atoms with Gasteiger partial charge in [0.05, 0.1) is 6.61 Å². The summed E-state index contributed by atoms with van der Waals surface area (Å²) in [6, 6.07) is 6.97. The second-order valence-corrected chi connectivity index (χ2v) is 5.86. The number of hydrogen-bond donors (Lipinski definition) is 2. The molecule has 1 unspecified atom stereocenters. The zero-order chi connectivity index (χ0) is 14.9. The number of aliphatic hydroxyl groups excluding tert-OH is 1. The number of ether oxygens (including phenoxy) is 1. The Bertz CT molecular complexity index is 420.